The first-order valence-electron chi connectivity index (χ1n) is 11.7. The Kier molecular flexibility index (Phi) is 8.53. The number of amides is 1. The molecule has 0 aromatic heterocycles. The number of nitrogens with zero attached hydrogens (tertiary/aromatic N) is 1. The number of carbonyl (C=O) groups excluding carboxylic acids is 3. The van der Waals surface area contributed by atoms with Crippen LogP contribution >= 0.6 is 0 Å². The van der Waals surface area contributed by atoms with Crippen LogP contribution in [0, 0.1) is 0 Å². The number of hydrogen-bond acceptors (Lipinski definition) is 7. The van der Waals surface area contributed by atoms with E-state index in [-0.39, 0.29) is 12.5 Å². The highest BCUT2D eigenvalue weighted by Gasteiger charge is 2.48. The first kappa shape index (κ1) is 27.8. The molecule has 8 nitrogen and oxygen atoms in total. The van der Waals surface area contributed by atoms with Crippen LogP contribution in [0.3, 0.4) is 0 Å². The van der Waals surface area contributed by atoms with E-state index in [9.17, 15) is 14.4 Å². The average Bonchev–Trinajstić information content (AvgIpc) is 2.98. The van der Waals surface area contributed by atoms with Gasteiger partial charge in [-0.05, 0) is 67.9 Å². The van der Waals surface area contributed by atoms with E-state index < -0.39 is 46.9 Å². The van der Waals surface area contributed by atoms with Crippen LogP contribution in [-0.2, 0) is 28.6 Å². The van der Waals surface area contributed by atoms with Crippen LogP contribution in [0.15, 0.2) is 30.3 Å². The molecule has 1 heterocycles. The molecule has 1 aliphatic rings. The minimum atomic E-state index is -0.928. The van der Waals surface area contributed by atoms with Crippen molar-refractivity contribution in [1.82, 2.24) is 10.2 Å². The molecule has 1 aliphatic heterocycles. The molecule has 34 heavy (non-hydrogen) atoms. The molecule has 0 aliphatic carbocycles. The lowest BCUT2D eigenvalue weighted by atomic mass is 10.00. The fourth-order valence-corrected chi connectivity index (χ4v) is 3.95. The second-order valence-corrected chi connectivity index (χ2v) is 11.2. The fraction of sp³-hybridized carbons (Fsp3) is 0.654. The smallest absolute Gasteiger partial charge is 0.328 e. The summed E-state index contributed by atoms with van der Waals surface area (Å²) in [7, 11) is 0. The van der Waals surface area contributed by atoms with Crippen molar-refractivity contribution in [2.75, 3.05) is 6.61 Å². The van der Waals surface area contributed by atoms with Crippen LogP contribution in [0.25, 0.3) is 0 Å². The van der Waals surface area contributed by atoms with Gasteiger partial charge < -0.3 is 19.5 Å². The van der Waals surface area contributed by atoms with Crippen LogP contribution < -0.4 is 5.32 Å². The van der Waals surface area contributed by atoms with Gasteiger partial charge in [-0.3, -0.25) is 14.5 Å². The van der Waals surface area contributed by atoms with Gasteiger partial charge in [0.25, 0.3) is 0 Å². The molecular formula is C26H40N2O6. The van der Waals surface area contributed by atoms with E-state index in [4.69, 9.17) is 14.2 Å². The Bertz CT molecular complexity index is 870. The molecule has 8 heteroatoms. The van der Waals surface area contributed by atoms with E-state index in [1.807, 2.05) is 49.1 Å². The summed E-state index contributed by atoms with van der Waals surface area (Å²) >= 11 is 0. The van der Waals surface area contributed by atoms with E-state index in [0.717, 1.165) is 5.56 Å². The van der Waals surface area contributed by atoms with Gasteiger partial charge in [-0.2, -0.15) is 0 Å². The van der Waals surface area contributed by atoms with Crippen LogP contribution in [0.5, 0.6) is 0 Å². The maximum atomic E-state index is 13.6. The molecule has 1 fully saturated rings. The summed E-state index contributed by atoms with van der Waals surface area (Å²) in [6.07, 6.45) is -0.194. The SMILES string of the molecule is CC(NC(=O)C(CC(=O)OC(C)(C)C)N1[C@@H](c2ccccc2)COC1(C)C)C(=O)OC(C)(C)C. The minimum Gasteiger partial charge on any atom is -0.460 e. The molecule has 0 bridgehead atoms. The maximum absolute atomic E-state index is 13.6. The Hall–Kier alpha value is -2.45. The van der Waals surface area contributed by atoms with Crippen molar-refractivity contribution in [3.63, 3.8) is 0 Å². The monoisotopic (exact) mass is 476 g/mol. The van der Waals surface area contributed by atoms with Gasteiger partial charge in [0.1, 0.15) is 29.0 Å². The third-order valence-corrected chi connectivity index (χ3v) is 5.27. The van der Waals surface area contributed by atoms with Crippen molar-refractivity contribution in [2.45, 2.75) is 104 Å². The first-order valence-corrected chi connectivity index (χ1v) is 11.7. The van der Waals surface area contributed by atoms with Gasteiger partial charge in [0.2, 0.25) is 5.91 Å². The topological polar surface area (TPSA) is 94.2 Å². The predicted octanol–water partition coefficient (Wildman–Crippen LogP) is 3.74. The summed E-state index contributed by atoms with van der Waals surface area (Å²) in [5.74, 6) is -1.52. The molecule has 1 aromatic carbocycles. The van der Waals surface area contributed by atoms with Gasteiger partial charge in [-0.15, -0.1) is 0 Å². The Morgan fingerprint density at radius 2 is 1.62 bits per heavy atom. The molecule has 0 radical (unpaired) electrons. The summed E-state index contributed by atoms with van der Waals surface area (Å²) < 4.78 is 17.0. The van der Waals surface area contributed by atoms with Crippen molar-refractivity contribution in [2.24, 2.45) is 0 Å². The summed E-state index contributed by atoms with van der Waals surface area (Å²) in [4.78, 5) is 40.8. The standard InChI is InChI=1S/C26H40N2O6/c1-17(23(31)34-25(5,6)7)27-22(30)19(15-21(29)33-24(2,3)4)28-20(16-32-26(28,8)9)18-13-11-10-12-14-18/h10-14,17,19-20H,15-16H2,1-9H3,(H,27,30)/t17?,19?,20-/m1/s1. The van der Waals surface area contributed by atoms with E-state index in [1.54, 1.807) is 48.5 Å². The third kappa shape index (κ3) is 7.81. The number of benzene rings is 1. The van der Waals surface area contributed by atoms with Crippen LogP contribution in [0.4, 0.5) is 0 Å². The second kappa shape index (κ2) is 10.4. The maximum Gasteiger partial charge on any atom is 0.328 e. The Morgan fingerprint density at radius 3 is 2.15 bits per heavy atom. The molecule has 190 valence electrons. The fourth-order valence-electron chi connectivity index (χ4n) is 3.95. The summed E-state index contributed by atoms with van der Waals surface area (Å²) in [6, 6.07) is 7.62. The lowest BCUT2D eigenvalue weighted by Gasteiger charge is -2.39. The van der Waals surface area contributed by atoms with Crippen molar-refractivity contribution < 1.29 is 28.6 Å². The van der Waals surface area contributed by atoms with Crippen molar-refractivity contribution in [3.05, 3.63) is 35.9 Å². The number of rotatable bonds is 7. The normalized spacial score (nSPS) is 20.3. The van der Waals surface area contributed by atoms with Crippen molar-refractivity contribution in [3.8, 4) is 0 Å². The Morgan fingerprint density at radius 1 is 1.06 bits per heavy atom. The average molecular weight is 477 g/mol. The zero-order chi connectivity index (χ0) is 25.9. The number of carbonyl (C=O) groups is 3. The lowest BCUT2D eigenvalue weighted by Crippen LogP contribution is -2.57. The third-order valence-electron chi connectivity index (χ3n) is 5.27. The van der Waals surface area contributed by atoms with Gasteiger partial charge >= 0.3 is 11.9 Å². The van der Waals surface area contributed by atoms with Gasteiger partial charge in [0.15, 0.2) is 0 Å². The van der Waals surface area contributed by atoms with E-state index >= 15 is 0 Å². The largest absolute Gasteiger partial charge is 0.460 e. The van der Waals surface area contributed by atoms with Crippen LogP contribution in [-0.4, -0.2) is 58.4 Å². The zero-order valence-corrected chi connectivity index (χ0v) is 21.9. The van der Waals surface area contributed by atoms with Crippen LogP contribution in [0.1, 0.15) is 80.3 Å². The Labute approximate surface area is 203 Å². The molecule has 1 saturated heterocycles. The highest BCUT2D eigenvalue weighted by atomic mass is 16.6. The second-order valence-electron chi connectivity index (χ2n) is 11.2. The van der Waals surface area contributed by atoms with Crippen molar-refractivity contribution >= 4 is 17.8 Å². The highest BCUT2D eigenvalue weighted by Crippen LogP contribution is 2.39. The van der Waals surface area contributed by atoms with E-state index in [0.29, 0.717) is 6.61 Å². The van der Waals surface area contributed by atoms with Gasteiger partial charge in [0, 0.05) is 0 Å². The van der Waals surface area contributed by atoms with Gasteiger partial charge in [-0.1, -0.05) is 30.3 Å². The molecule has 1 aromatic rings. The number of hydrogen-bond donors (Lipinski definition) is 1. The van der Waals surface area contributed by atoms with E-state index in [2.05, 4.69) is 5.32 Å². The zero-order valence-electron chi connectivity index (χ0n) is 21.9. The van der Waals surface area contributed by atoms with Gasteiger partial charge in [-0.25, -0.2) is 4.79 Å². The van der Waals surface area contributed by atoms with Gasteiger partial charge in [0.05, 0.1) is 19.1 Å². The van der Waals surface area contributed by atoms with Crippen molar-refractivity contribution in [1.29, 1.82) is 0 Å². The molecule has 2 rings (SSSR count). The molecular weight excluding hydrogens is 436 g/mol. The quantitative estimate of drug-likeness (QED) is 0.599. The number of nitrogens with one attached hydrogen (secondary N) is 1. The first-order chi connectivity index (χ1) is 15.5. The summed E-state index contributed by atoms with van der Waals surface area (Å²) in [5, 5.41) is 2.74. The number of esters is 2. The summed E-state index contributed by atoms with van der Waals surface area (Å²) in [6.45, 7) is 16.3. The molecule has 0 saturated carbocycles. The predicted molar refractivity (Wildman–Crippen MR) is 129 cm³/mol. The molecule has 0 spiro atoms. The lowest BCUT2D eigenvalue weighted by molar-refractivity contribution is -0.162. The van der Waals surface area contributed by atoms with Crippen LogP contribution in [0.2, 0.25) is 0 Å². The molecule has 3 atom stereocenters. The molecule has 1 amide bonds. The summed E-state index contributed by atoms with van der Waals surface area (Å²) in [5.41, 5.74) is -1.25. The highest BCUT2D eigenvalue weighted by molar-refractivity contribution is 5.90. The number of ether oxygens (including phenoxy) is 3. The molecule has 1 N–H and O–H groups in total. The molecule has 2 unspecified atom stereocenters. The Balaban J connectivity index is 2.36. The van der Waals surface area contributed by atoms with E-state index in [1.165, 1.54) is 0 Å². The minimum absolute atomic E-state index is 0.194.